The van der Waals surface area contributed by atoms with Gasteiger partial charge in [0.1, 0.15) is 5.82 Å². The molecule has 7 heteroatoms. The van der Waals surface area contributed by atoms with Crippen molar-refractivity contribution < 1.29 is 8.42 Å². The number of aryl methyl sites for hydroxylation is 1. The standard InChI is InChI=1S/C15H13N3O3S/c1-11-16-14-10-6-5-9-13(14)15(19)18(11)17-22(20,21)12-7-3-2-4-8-12/h2-10,17H,1H3. The minimum atomic E-state index is -3.85. The fourth-order valence-electron chi connectivity index (χ4n) is 2.12. The number of hydrogen-bond acceptors (Lipinski definition) is 4. The highest BCUT2D eigenvalue weighted by Crippen LogP contribution is 2.10. The molecule has 0 atom stereocenters. The molecular weight excluding hydrogens is 302 g/mol. The topological polar surface area (TPSA) is 81.1 Å². The van der Waals surface area contributed by atoms with E-state index in [1.54, 1.807) is 49.4 Å². The van der Waals surface area contributed by atoms with Crippen molar-refractivity contribution in [2.45, 2.75) is 11.8 Å². The molecule has 0 aliphatic rings. The molecule has 0 fully saturated rings. The lowest BCUT2D eigenvalue weighted by Crippen LogP contribution is -2.35. The number of nitrogens with one attached hydrogen (secondary N) is 1. The van der Waals surface area contributed by atoms with E-state index in [1.165, 1.54) is 12.1 Å². The summed E-state index contributed by atoms with van der Waals surface area (Å²) in [5.41, 5.74) is 0.0720. The van der Waals surface area contributed by atoms with Gasteiger partial charge in [-0.25, -0.2) is 9.82 Å². The maximum atomic E-state index is 12.5. The molecule has 1 heterocycles. The number of para-hydroxylation sites is 1. The first-order chi connectivity index (χ1) is 10.5. The second-order valence-electron chi connectivity index (χ2n) is 4.72. The van der Waals surface area contributed by atoms with Crippen molar-refractivity contribution in [3.05, 3.63) is 70.8 Å². The van der Waals surface area contributed by atoms with Crippen molar-refractivity contribution in [3.63, 3.8) is 0 Å². The highest BCUT2D eigenvalue weighted by molar-refractivity contribution is 7.92. The van der Waals surface area contributed by atoms with Gasteiger partial charge in [0.2, 0.25) is 0 Å². The average Bonchev–Trinajstić information content (AvgIpc) is 2.52. The number of sulfonamides is 1. The summed E-state index contributed by atoms with van der Waals surface area (Å²) in [5.74, 6) is 0.267. The van der Waals surface area contributed by atoms with Gasteiger partial charge in [-0.3, -0.25) is 4.79 Å². The van der Waals surface area contributed by atoms with E-state index in [0.717, 1.165) is 4.68 Å². The van der Waals surface area contributed by atoms with Crippen molar-refractivity contribution in [1.82, 2.24) is 9.66 Å². The Kier molecular flexibility index (Phi) is 3.42. The molecule has 112 valence electrons. The normalized spacial score (nSPS) is 11.5. The Balaban J connectivity index is 2.14. The third kappa shape index (κ3) is 2.46. The maximum Gasteiger partial charge on any atom is 0.280 e. The van der Waals surface area contributed by atoms with Crippen molar-refractivity contribution >= 4 is 20.9 Å². The fraction of sp³-hybridized carbons (Fsp3) is 0.0667. The van der Waals surface area contributed by atoms with Gasteiger partial charge in [0.25, 0.3) is 15.6 Å². The lowest BCUT2D eigenvalue weighted by molar-refractivity contribution is 0.593. The Morgan fingerprint density at radius 2 is 1.64 bits per heavy atom. The predicted octanol–water partition coefficient (Wildman–Crippen LogP) is 1.64. The summed E-state index contributed by atoms with van der Waals surface area (Å²) in [4.78, 5) is 19.1. The third-order valence-corrected chi connectivity index (χ3v) is 4.52. The second kappa shape index (κ2) is 5.27. The number of rotatable bonds is 3. The summed E-state index contributed by atoms with van der Waals surface area (Å²) in [7, 11) is -3.85. The summed E-state index contributed by atoms with van der Waals surface area (Å²) in [5, 5.41) is 0.351. The Hall–Kier alpha value is -2.67. The lowest BCUT2D eigenvalue weighted by Gasteiger charge is -2.13. The molecule has 22 heavy (non-hydrogen) atoms. The molecular formula is C15H13N3O3S. The second-order valence-corrected chi connectivity index (χ2v) is 6.39. The van der Waals surface area contributed by atoms with Crippen LogP contribution in [0.2, 0.25) is 0 Å². The number of hydrogen-bond donors (Lipinski definition) is 1. The molecule has 1 aromatic heterocycles. The Morgan fingerprint density at radius 3 is 2.36 bits per heavy atom. The Morgan fingerprint density at radius 1 is 1.00 bits per heavy atom. The van der Waals surface area contributed by atoms with E-state index in [9.17, 15) is 13.2 Å². The van der Waals surface area contributed by atoms with Crippen LogP contribution in [0, 0.1) is 6.92 Å². The average molecular weight is 315 g/mol. The first-order valence-electron chi connectivity index (χ1n) is 6.55. The summed E-state index contributed by atoms with van der Waals surface area (Å²) < 4.78 is 25.6. The number of benzene rings is 2. The number of aromatic nitrogens is 2. The van der Waals surface area contributed by atoms with Crippen LogP contribution in [-0.4, -0.2) is 18.1 Å². The number of fused-ring (bicyclic) bond motifs is 1. The molecule has 6 nitrogen and oxygen atoms in total. The van der Waals surface area contributed by atoms with Crippen LogP contribution >= 0.6 is 0 Å². The third-order valence-electron chi connectivity index (χ3n) is 3.21. The molecule has 0 unspecified atom stereocenters. The van der Waals surface area contributed by atoms with E-state index < -0.39 is 15.6 Å². The zero-order valence-electron chi connectivity index (χ0n) is 11.7. The van der Waals surface area contributed by atoms with Crippen molar-refractivity contribution in [3.8, 4) is 0 Å². The molecule has 0 aliphatic carbocycles. The molecule has 0 spiro atoms. The van der Waals surface area contributed by atoms with Gasteiger partial charge in [0.05, 0.1) is 15.8 Å². The number of nitrogens with zero attached hydrogens (tertiary/aromatic N) is 2. The molecule has 0 aliphatic heterocycles. The van der Waals surface area contributed by atoms with Crippen LogP contribution in [0.3, 0.4) is 0 Å². The van der Waals surface area contributed by atoms with Crippen LogP contribution in [0.25, 0.3) is 10.9 Å². The Bertz CT molecular complexity index is 995. The van der Waals surface area contributed by atoms with E-state index in [4.69, 9.17) is 0 Å². The minimum absolute atomic E-state index is 0.0782. The van der Waals surface area contributed by atoms with Crippen LogP contribution < -0.4 is 10.4 Å². The van der Waals surface area contributed by atoms with Crippen LogP contribution in [0.4, 0.5) is 0 Å². The van der Waals surface area contributed by atoms with Crippen molar-refractivity contribution in [1.29, 1.82) is 0 Å². The van der Waals surface area contributed by atoms with Gasteiger partial charge in [-0.1, -0.05) is 30.3 Å². The molecule has 2 aromatic carbocycles. The van der Waals surface area contributed by atoms with Gasteiger partial charge in [-0.15, -0.1) is 0 Å². The summed E-state index contributed by atoms with van der Waals surface area (Å²) in [6.45, 7) is 1.57. The van der Waals surface area contributed by atoms with Crippen molar-refractivity contribution in [2.75, 3.05) is 4.83 Å². The van der Waals surface area contributed by atoms with Gasteiger partial charge < -0.3 is 0 Å². The molecule has 0 saturated carbocycles. The molecule has 0 bridgehead atoms. The van der Waals surface area contributed by atoms with Crippen molar-refractivity contribution in [2.24, 2.45) is 0 Å². The first-order valence-corrected chi connectivity index (χ1v) is 8.03. The van der Waals surface area contributed by atoms with Crippen LogP contribution in [0.5, 0.6) is 0 Å². The quantitative estimate of drug-likeness (QED) is 0.796. The van der Waals surface area contributed by atoms with E-state index in [2.05, 4.69) is 9.82 Å². The molecule has 3 rings (SSSR count). The SMILES string of the molecule is Cc1nc2ccccc2c(=O)n1NS(=O)(=O)c1ccccc1. The smallest absolute Gasteiger partial charge is 0.267 e. The largest absolute Gasteiger partial charge is 0.280 e. The molecule has 0 radical (unpaired) electrons. The summed E-state index contributed by atoms with van der Waals surface area (Å²) in [6, 6.07) is 14.6. The van der Waals surface area contributed by atoms with E-state index in [0.29, 0.717) is 10.9 Å². The molecule has 0 amide bonds. The summed E-state index contributed by atoms with van der Waals surface area (Å²) >= 11 is 0. The molecule has 3 aromatic rings. The maximum absolute atomic E-state index is 12.5. The zero-order valence-corrected chi connectivity index (χ0v) is 12.5. The van der Waals surface area contributed by atoms with E-state index in [-0.39, 0.29) is 10.7 Å². The Labute approximate surface area is 127 Å². The predicted molar refractivity (Wildman–Crippen MR) is 83.7 cm³/mol. The first kappa shape index (κ1) is 14.3. The van der Waals surface area contributed by atoms with Gasteiger partial charge in [-0.2, -0.15) is 13.1 Å². The van der Waals surface area contributed by atoms with Crippen LogP contribution in [-0.2, 0) is 10.0 Å². The fourth-order valence-corrected chi connectivity index (χ4v) is 3.20. The van der Waals surface area contributed by atoms with Gasteiger partial charge >= 0.3 is 0 Å². The van der Waals surface area contributed by atoms with Gasteiger partial charge in [0.15, 0.2) is 0 Å². The van der Waals surface area contributed by atoms with Gasteiger partial charge in [0, 0.05) is 0 Å². The lowest BCUT2D eigenvalue weighted by atomic mass is 10.2. The van der Waals surface area contributed by atoms with Crippen LogP contribution in [0.15, 0.2) is 64.3 Å². The monoisotopic (exact) mass is 315 g/mol. The highest BCUT2D eigenvalue weighted by atomic mass is 32.2. The molecule has 0 saturated heterocycles. The minimum Gasteiger partial charge on any atom is -0.267 e. The van der Waals surface area contributed by atoms with E-state index in [1.807, 2.05) is 0 Å². The summed E-state index contributed by atoms with van der Waals surface area (Å²) in [6.07, 6.45) is 0. The zero-order chi connectivity index (χ0) is 15.7. The highest BCUT2D eigenvalue weighted by Gasteiger charge is 2.17. The van der Waals surface area contributed by atoms with Crippen LogP contribution in [0.1, 0.15) is 5.82 Å². The van der Waals surface area contributed by atoms with Gasteiger partial charge in [-0.05, 0) is 31.2 Å². The molecule has 1 N–H and O–H groups in total. The van der Waals surface area contributed by atoms with E-state index >= 15 is 0 Å².